The molecule has 4 nitrogen and oxygen atoms in total. The maximum Gasteiger partial charge on any atom is 0.228 e. The molecule has 0 saturated heterocycles. The van der Waals surface area contributed by atoms with Crippen molar-refractivity contribution in [2.24, 2.45) is 0 Å². The number of rotatable bonds is 3. The molecule has 3 aromatic heterocycles. The standard InChI is InChI=1S/C31H19N3O/c1-3-11-20(12-4-1)25-19-26(33-30(32-25)21-13-5-2-6-14-21)28-22-15-7-9-17-24(22)34-31-29(28)23-16-8-10-18-27(23)35-31/h1-19H. The van der Waals surface area contributed by atoms with E-state index in [2.05, 4.69) is 30.3 Å². The van der Waals surface area contributed by atoms with Crippen molar-refractivity contribution >= 4 is 33.0 Å². The average Bonchev–Trinajstić information content (AvgIpc) is 3.30. The molecule has 0 aliphatic carbocycles. The fourth-order valence-electron chi connectivity index (χ4n) is 4.69. The molecule has 0 unspecified atom stereocenters. The summed E-state index contributed by atoms with van der Waals surface area (Å²) in [6, 6.07) is 38.7. The topological polar surface area (TPSA) is 51.8 Å². The first kappa shape index (κ1) is 19.6. The second kappa shape index (κ2) is 7.89. The lowest BCUT2D eigenvalue weighted by Gasteiger charge is -2.12. The molecular weight excluding hydrogens is 430 g/mol. The van der Waals surface area contributed by atoms with E-state index in [9.17, 15) is 0 Å². The summed E-state index contributed by atoms with van der Waals surface area (Å²) in [6.45, 7) is 0. The summed E-state index contributed by atoms with van der Waals surface area (Å²) in [7, 11) is 0. The highest BCUT2D eigenvalue weighted by atomic mass is 16.3. The summed E-state index contributed by atoms with van der Waals surface area (Å²) in [5.74, 6) is 0.684. The van der Waals surface area contributed by atoms with Crippen molar-refractivity contribution in [2.75, 3.05) is 0 Å². The van der Waals surface area contributed by atoms with E-state index < -0.39 is 0 Å². The van der Waals surface area contributed by atoms with Gasteiger partial charge < -0.3 is 4.42 Å². The number of benzene rings is 4. The molecule has 35 heavy (non-hydrogen) atoms. The van der Waals surface area contributed by atoms with E-state index in [1.54, 1.807) is 0 Å². The SMILES string of the molecule is c1ccc(-c2cc(-c3c4ccccc4nc4oc5ccccc5c34)nc(-c3ccccc3)n2)cc1. The summed E-state index contributed by atoms with van der Waals surface area (Å²) < 4.78 is 6.20. The van der Waals surface area contributed by atoms with Crippen LogP contribution < -0.4 is 0 Å². The fraction of sp³-hybridized carbons (Fsp3) is 0. The van der Waals surface area contributed by atoms with Crippen LogP contribution in [0, 0.1) is 0 Å². The van der Waals surface area contributed by atoms with E-state index >= 15 is 0 Å². The number of pyridine rings is 1. The van der Waals surface area contributed by atoms with Gasteiger partial charge in [0.25, 0.3) is 0 Å². The number of furan rings is 1. The zero-order valence-corrected chi connectivity index (χ0v) is 18.7. The van der Waals surface area contributed by atoms with Gasteiger partial charge in [0.2, 0.25) is 5.71 Å². The Balaban J connectivity index is 1.63. The van der Waals surface area contributed by atoms with Crippen molar-refractivity contribution in [3.8, 4) is 33.9 Å². The van der Waals surface area contributed by atoms with Crippen LogP contribution in [0.1, 0.15) is 0 Å². The first-order valence-corrected chi connectivity index (χ1v) is 11.6. The lowest BCUT2D eigenvalue weighted by Crippen LogP contribution is -1.97. The Morgan fingerprint density at radius 2 is 1.14 bits per heavy atom. The molecule has 0 atom stereocenters. The fourth-order valence-corrected chi connectivity index (χ4v) is 4.69. The Morgan fingerprint density at radius 3 is 1.94 bits per heavy atom. The Hall–Kier alpha value is -4.83. The molecule has 0 radical (unpaired) electrons. The quantitative estimate of drug-likeness (QED) is 0.275. The highest BCUT2D eigenvalue weighted by Crippen LogP contribution is 2.40. The molecule has 0 N–H and O–H groups in total. The van der Waals surface area contributed by atoms with E-state index in [4.69, 9.17) is 19.4 Å². The highest BCUT2D eigenvalue weighted by molar-refractivity contribution is 6.18. The first-order valence-electron chi connectivity index (χ1n) is 11.6. The predicted molar refractivity (Wildman–Crippen MR) is 141 cm³/mol. The number of nitrogens with zero attached hydrogens (tertiary/aromatic N) is 3. The van der Waals surface area contributed by atoms with E-state index in [-0.39, 0.29) is 0 Å². The van der Waals surface area contributed by atoms with Gasteiger partial charge in [-0.2, -0.15) is 0 Å². The second-order valence-electron chi connectivity index (χ2n) is 8.48. The molecule has 0 spiro atoms. The highest BCUT2D eigenvalue weighted by Gasteiger charge is 2.20. The largest absolute Gasteiger partial charge is 0.438 e. The number of hydrogen-bond acceptors (Lipinski definition) is 4. The average molecular weight is 450 g/mol. The third-order valence-electron chi connectivity index (χ3n) is 6.31. The van der Waals surface area contributed by atoms with Gasteiger partial charge in [0, 0.05) is 27.5 Å². The maximum atomic E-state index is 6.20. The molecule has 0 aliphatic rings. The number of aromatic nitrogens is 3. The van der Waals surface area contributed by atoms with Crippen LogP contribution in [0.15, 0.2) is 120 Å². The summed E-state index contributed by atoms with van der Waals surface area (Å²) in [5, 5.41) is 3.02. The molecule has 0 aliphatic heterocycles. The van der Waals surface area contributed by atoms with Gasteiger partial charge in [-0.25, -0.2) is 15.0 Å². The third kappa shape index (κ3) is 3.27. The summed E-state index contributed by atoms with van der Waals surface area (Å²) in [6.07, 6.45) is 0. The smallest absolute Gasteiger partial charge is 0.228 e. The lowest BCUT2D eigenvalue weighted by molar-refractivity contribution is 0.656. The minimum atomic E-state index is 0.612. The molecule has 0 fully saturated rings. The van der Waals surface area contributed by atoms with Crippen molar-refractivity contribution in [3.05, 3.63) is 115 Å². The van der Waals surface area contributed by atoms with Gasteiger partial charge in [0.05, 0.1) is 22.3 Å². The van der Waals surface area contributed by atoms with Crippen LogP contribution in [0.2, 0.25) is 0 Å². The monoisotopic (exact) mass is 449 g/mol. The van der Waals surface area contributed by atoms with Gasteiger partial charge in [0.15, 0.2) is 5.82 Å². The van der Waals surface area contributed by atoms with E-state index in [0.29, 0.717) is 11.5 Å². The molecule has 0 saturated carbocycles. The van der Waals surface area contributed by atoms with Crippen molar-refractivity contribution in [1.29, 1.82) is 0 Å². The Kier molecular flexibility index (Phi) is 4.42. The van der Waals surface area contributed by atoms with Crippen LogP contribution in [0.25, 0.3) is 66.9 Å². The van der Waals surface area contributed by atoms with Gasteiger partial charge >= 0.3 is 0 Å². The van der Waals surface area contributed by atoms with Crippen LogP contribution in [-0.2, 0) is 0 Å². The number of hydrogen-bond donors (Lipinski definition) is 0. The minimum Gasteiger partial charge on any atom is -0.438 e. The number of para-hydroxylation sites is 2. The van der Waals surface area contributed by atoms with Gasteiger partial charge in [-0.05, 0) is 18.2 Å². The van der Waals surface area contributed by atoms with Crippen molar-refractivity contribution in [3.63, 3.8) is 0 Å². The molecule has 4 heteroatoms. The molecule has 7 rings (SSSR count). The van der Waals surface area contributed by atoms with Crippen LogP contribution >= 0.6 is 0 Å². The summed E-state index contributed by atoms with van der Waals surface area (Å²) in [5.41, 5.74) is 7.03. The van der Waals surface area contributed by atoms with Crippen molar-refractivity contribution < 1.29 is 4.42 Å². The molecule has 3 heterocycles. The molecule has 0 bridgehead atoms. The van der Waals surface area contributed by atoms with Crippen molar-refractivity contribution in [1.82, 2.24) is 15.0 Å². The molecule has 164 valence electrons. The maximum absolute atomic E-state index is 6.20. The van der Waals surface area contributed by atoms with Crippen molar-refractivity contribution in [2.45, 2.75) is 0 Å². The zero-order valence-electron chi connectivity index (χ0n) is 18.7. The van der Waals surface area contributed by atoms with Gasteiger partial charge in [-0.1, -0.05) is 97.1 Å². The van der Waals surface area contributed by atoms with E-state index in [1.807, 2.05) is 84.9 Å². The number of fused-ring (bicyclic) bond motifs is 4. The summed E-state index contributed by atoms with van der Waals surface area (Å²) >= 11 is 0. The first-order chi connectivity index (χ1) is 17.3. The molecule has 7 aromatic rings. The minimum absolute atomic E-state index is 0.612. The Bertz CT molecular complexity index is 1780. The third-order valence-corrected chi connectivity index (χ3v) is 6.31. The van der Waals surface area contributed by atoms with Crippen LogP contribution in [0.3, 0.4) is 0 Å². The second-order valence-corrected chi connectivity index (χ2v) is 8.48. The normalized spacial score (nSPS) is 11.4. The zero-order chi connectivity index (χ0) is 23.2. The van der Waals surface area contributed by atoms with E-state index in [0.717, 1.165) is 55.3 Å². The molecule has 0 amide bonds. The van der Waals surface area contributed by atoms with E-state index in [1.165, 1.54) is 0 Å². The van der Waals surface area contributed by atoms with Gasteiger partial charge in [-0.15, -0.1) is 0 Å². The Morgan fingerprint density at radius 1 is 0.514 bits per heavy atom. The van der Waals surface area contributed by atoms with Crippen LogP contribution in [-0.4, -0.2) is 15.0 Å². The molecular formula is C31H19N3O. The predicted octanol–water partition coefficient (Wildman–Crippen LogP) is 7.93. The van der Waals surface area contributed by atoms with Gasteiger partial charge in [-0.3, -0.25) is 0 Å². The van der Waals surface area contributed by atoms with Crippen LogP contribution in [0.5, 0.6) is 0 Å². The van der Waals surface area contributed by atoms with Crippen LogP contribution in [0.4, 0.5) is 0 Å². The molecule has 4 aromatic carbocycles. The lowest BCUT2D eigenvalue weighted by atomic mass is 9.98. The van der Waals surface area contributed by atoms with Gasteiger partial charge in [0.1, 0.15) is 5.58 Å². The summed E-state index contributed by atoms with van der Waals surface area (Å²) in [4.78, 5) is 14.9. The Labute approximate surface area is 201 Å².